The van der Waals surface area contributed by atoms with Crippen molar-refractivity contribution in [2.45, 2.75) is 65.2 Å². The van der Waals surface area contributed by atoms with Gasteiger partial charge >= 0.3 is 11.4 Å². The van der Waals surface area contributed by atoms with Crippen molar-refractivity contribution in [3.05, 3.63) is 32.4 Å². The Hall–Kier alpha value is -2.38. The molecule has 146 valence electrons. The van der Waals surface area contributed by atoms with Crippen molar-refractivity contribution < 1.29 is 19.3 Å². The van der Waals surface area contributed by atoms with Gasteiger partial charge in [-0.05, 0) is 12.8 Å². The molecule has 8 heteroatoms. The van der Waals surface area contributed by atoms with E-state index in [1.165, 1.54) is 0 Å². The molecule has 1 aromatic carbocycles. The molecule has 0 saturated carbocycles. The Labute approximate surface area is 153 Å². The third-order valence-electron chi connectivity index (χ3n) is 3.95. The molecule has 0 heterocycles. The molecular formula is C18H28N2O6. The van der Waals surface area contributed by atoms with E-state index >= 15 is 0 Å². The maximum atomic E-state index is 11.1. The summed E-state index contributed by atoms with van der Waals surface area (Å²) in [5, 5.41) is 22.3. The summed E-state index contributed by atoms with van der Waals surface area (Å²) >= 11 is 0. The summed E-state index contributed by atoms with van der Waals surface area (Å²) in [7, 11) is 0. The lowest BCUT2D eigenvalue weighted by atomic mass is 10.2. The highest BCUT2D eigenvalue weighted by atomic mass is 16.6. The lowest BCUT2D eigenvalue weighted by Gasteiger charge is -2.13. The minimum absolute atomic E-state index is 0.189. The highest BCUT2D eigenvalue weighted by molar-refractivity contribution is 5.62. The standard InChI is InChI=1S/C18H28N2O6/c1-3-5-7-9-11-25-17-13-15(19(21)22)16(20(23)24)14-18(17)26-12-10-8-6-4-2/h13-14H,3-12H2,1-2H3. The zero-order valence-electron chi connectivity index (χ0n) is 15.6. The molecule has 26 heavy (non-hydrogen) atoms. The number of nitro groups is 2. The van der Waals surface area contributed by atoms with Crippen LogP contribution in [0.15, 0.2) is 12.1 Å². The predicted molar refractivity (Wildman–Crippen MR) is 99.0 cm³/mol. The Balaban J connectivity index is 2.91. The van der Waals surface area contributed by atoms with Gasteiger partial charge in [-0.25, -0.2) is 0 Å². The molecule has 0 spiro atoms. The second kappa shape index (κ2) is 12.1. The normalized spacial score (nSPS) is 10.5. The van der Waals surface area contributed by atoms with Crippen LogP contribution >= 0.6 is 0 Å². The summed E-state index contributed by atoms with van der Waals surface area (Å²) in [6.07, 6.45) is 7.99. The van der Waals surface area contributed by atoms with Crippen LogP contribution in [0.1, 0.15) is 65.2 Å². The fourth-order valence-electron chi connectivity index (χ4n) is 2.48. The minimum Gasteiger partial charge on any atom is -0.489 e. The fraction of sp³-hybridized carbons (Fsp3) is 0.667. The fourth-order valence-corrected chi connectivity index (χ4v) is 2.48. The molecule has 8 nitrogen and oxygen atoms in total. The maximum Gasteiger partial charge on any atom is 0.350 e. The van der Waals surface area contributed by atoms with Crippen LogP contribution in [-0.4, -0.2) is 23.1 Å². The molecule has 0 aliphatic heterocycles. The summed E-state index contributed by atoms with van der Waals surface area (Å²) in [4.78, 5) is 20.7. The molecule has 0 atom stereocenters. The van der Waals surface area contributed by atoms with Crippen LogP contribution in [0.3, 0.4) is 0 Å². The third kappa shape index (κ3) is 7.25. The highest BCUT2D eigenvalue weighted by Crippen LogP contribution is 2.39. The van der Waals surface area contributed by atoms with Crippen LogP contribution < -0.4 is 9.47 Å². The number of rotatable bonds is 14. The predicted octanol–water partition coefficient (Wildman–Crippen LogP) is 5.42. The molecule has 1 rings (SSSR count). The van der Waals surface area contributed by atoms with E-state index in [2.05, 4.69) is 13.8 Å². The Morgan fingerprint density at radius 1 is 0.731 bits per heavy atom. The van der Waals surface area contributed by atoms with E-state index in [4.69, 9.17) is 9.47 Å². The van der Waals surface area contributed by atoms with Crippen molar-refractivity contribution >= 4 is 11.4 Å². The molecule has 0 bridgehead atoms. The van der Waals surface area contributed by atoms with Gasteiger partial charge in [-0.3, -0.25) is 20.2 Å². The summed E-state index contributed by atoms with van der Waals surface area (Å²) in [5.74, 6) is 0.378. The number of hydrogen-bond acceptors (Lipinski definition) is 6. The summed E-state index contributed by atoms with van der Waals surface area (Å²) in [5.41, 5.74) is -1.17. The quantitative estimate of drug-likeness (QED) is 0.246. The molecule has 0 unspecified atom stereocenters. The van der Waals surface area contributed by atoms with E-state index in [-0.39, 0.29) is 11.5 Å². The average Bonchev–Trinajstić information content (AvgIpc) is 2.61. The van der Waals surface area contributed by atoms with Crippen molar-refractivity contribution in [2.75, 3.05) is 13.2 Å². The van der Waals surface area contributed by atoms with Crippen molar-refractivity contribution in [1.29, 1.82) is 0 Å². The van der Waals surface area contributed by atoms with E-state index in [1.54, 1.807) is 0 Å². The Morgan fingerprint density at radius 2 is 1.12 bits per heavy atom. The van der Waals surface area contributed by atoms with Crippen molar-refractivity contribution in [2.24, 2.45) is 0 Å². The van der Waals surface area contributed by atoms with Crippen LogP contribution in [0.4, 0.5) is 11.4 Å². The van der Waals surface area contributed by atoms with E-state index in [0.717, 1.165) is 63.5 Å². The van der Waals surface area contributed by atoms with Gasteiger partial charge in [0.05, 0.1) is 35.2 Å². The molecule has 0 aromatic heterocycles. The lowest BCUT2D eigenvalue weighted by molar-refractivity contribution is -0.422. The van der Waals surface area contributed by atoms with Crippen molar-refractivity contribution in [3.8, 4) is 11.5 Å². The summed E-state index contributed by atoms with van der Waals surface area (Å²) in [6.45, 7) is 4.98. The second-order valence-corrected chi connectivity index (χ2v) is 6.12. The van der Waals surface area contributed by atoms with Crippen molar-refractivity contribution in [1.82, 2.24) is 0 Å². The number of unbranched alkanes of at least 4 members (excludes halogenated alkanes) is 6. The maximum absolute atomic E-state index is 11.1. The van der Waals surface area contributed by atoms with Gasteiger partial charge in [0.25, 0.3) is 0 Å². The largest absolute Gasteiger partial charge is 0.489 e. The van der Waals surface area contributed by atoms with Crippen LogP contribution in [-0.2, 0) is 0 Å². The third-order valence-corrected chi connectivity index (χ3v) is 3.95. The zero-order chi connectivity index (χ0) is 19.4. The lowest BCUT2D eigenvalue weighted by Crippen LogP contribution is -2.05. The summed E-state index contributed by atoms with van der Waals surface area (Å²) < 4.78 is 11.3. The van der Waals surface area contributed by atoms with E-state index in [0.29, 0.717) is 13.2 Å². The average molecular weight is 368 g/mol. The molecule has 0 radical (unpaired) electrons. The second-order valence-electron chi connectivity index (χ2n) is 6.12. The first kappa shape index (κ1) is 21.7. The number of ether oxygens (including phenoxy) is 2. The number of nitro benzene ring substituents is 2. The van der Waals surface area contributed by atoms with Gasteiger partial charge in [-0.1, -0.05) is 52.4 Å². The van der Waals surface area contributed by atoms with E-state index < -0.39 is 21.2 Å². The van der Waals surface area contributed by atoms with Gasteiger partial charge < -0.3 is 9.47 Å². The van der Waals surface area contributed by atoms with Gasteiger partial charge in [0.1, 0.15) is 0 Å². The van der Waals surface area contributed by atoms with Crippen LogP contribution in [0.25, 0.3) is 0 Å². The first-order chi connectivity index (χ1) is 12.5. The van der Waals surface area contributed by atoms with E-state index in [9.17, 15) is 20.2 Å². The monoisotopic (exact) mass is 368 g/mol. The Bertz CT molecular complexity index is 540. The zero-order valence-corrected chi connectivity index (χ0v) is 15.6. The molecule has 0 N–H and O–H groups in total. The number of nitrogens with zero attached hydrogens (tertiary/aromatic N) is 2. The molecular weight excluding hydrogens is 340 g/mol. The molecule has 1 aromatic rings. The van der Waals surface area contributed by atoms with Gasteiger partial charge in [0, 0.05) is 0 Å². The molecule has 0 saturated heterocycles. The Morgan fingerprint density at radius 3 is 1.42 bits per heavy atom. The van der Waals surface area contributed by atoms with E-state index in [1.807, 2.05) is 0 Å². The van der Waals surface area contributed by atoms with Gasteiger partial charge in [0.15, 0.2) is 11.5 Å². The first-order valence-corrected chi connectivity index (χ1v) is 9.23. The molecule has 0 aliphatic carbocycles. The highest BCUT2D eigenvalue weighted by Gasteiger charge is 2.28. The number of hydrogen-bond donors (Lipinski definition) is 0. The SMILES string of the molecule is CCCCCCOc1cc([N+](=O)[O-])c([N+](=O)[O-])cc1OCCCCCC. The Kier molecular flexibility index (Phi) is 10.0. The topological polar surface area (TPSA) is 105 Å². The molecule has 0 fully saturated rings. The first-order valence-electron chi connectivity index (χ1n) is 9.23. The van der Waals surface area contributed by atoms with Gasteiger partial charge in [-0.2, -0.15) is 0 Å². The minimum atomic E-state index is -0.771. The van der Waals surface area contributed by atoms with Crippen LogP contribution in [0, 0.1) is 20.2 Å². The van der Waals surface area contributed by atoms with Crippen LogP contribution in [0.5, 0.6) is 11.5 Å². The smallest absolute Gasteiger partial charge is 0.350 e. The van der Waals surface area contributed by atoms with Gasteiger partial charge in [-0.15, -0.1) is 0 Å². The van der Waals surface area contributed by atoms with Crippen molar-refractivity contribution in [3.63, 3.8) is 0 Å². The van der Waals surface area contributed by atoms with Gasteiger partial charge in [0.2, 0.25) is 0 Å². The number of benzene rings is 1. The van der Waals surface area contributed by atoms with Crippen LogP contribution in [0.2, 0.25) is 0 Å². The summed E-state index contributed by atoms with van der Waals surface area (Å²) in [6, 6.07) is 2.19. The molecule has 0 amide bonds. The molecule has 0 aliphatic rings.